The predicted molar refractivity (Wildman–Crippen MR) is 103 cm³/mol. The summed E-state index contributed by atoms with van der Waals surface area (Å²) in [5.41, 5.74) is 2.95. The standard InChI is InChI=1S/C19H18N2OS2/c1-2-23-16-10-8-14(9-11-16)12-18(22)21-19-20-17(13-24-19)15-6-4-3-5-7-15/h3-11,13H,2,12H2,1H3,(H,20,21,22). The number of hydrogen-bond donors (Lipinski definition) is 1. The van der Waals surface area contributed by atoms with Crippen LogP contribution in [0.3, 0.4) is 0 Å². The first-order valence-corrected chi connectivity index (χ1v) is 9.63. The number of nitrogens with zero attached hydrogens (tertiary/aromatic N) is 1. The van der Waals surface area contributed by atoms with E-state index in [0.717, 1.165) is 22.6 Å². The smallest absolute Gasteiger partial charge is 0.230 e. The molecule has 1 N–H and O–H groups in total. The monoisotopic (exact) mass is 354 g/mol. The van der Waals surface area contributed by atoms with E-state index in [1.165, 1.54) is 16.2 Å². The average molecular weight is 354 g/mol. The van der Waals surface area contributed by atoms with Crippen molar-refractivity contribution in [2.45, 2.75) is 18.2 Å². The Morgan fingerprint density at radius 1 is 1.12 bits per heavy atom. The molecule has 0 radical (unpaired) electrons. The first-order chi connectivity index (χ1) is 11.7. The largest absolute Gasteiger partial charge is 0.302 e. The van der Waals surface area contributed by atoms with Gasteiger partial charge in [0.05, 0.1) is 12.1 Å². The molecule has 1 aromatic heterocycles. The number of anilines is 1. The van der Waals surface area contributed by atoms with Crippen LogP contribution in [0.15, 0.2) is 64.9 Å². The number of carbonyl (C=O) groups excluding carboxylic acids is 1. The number of nitrogens with one attached hydrogen (secondary N) is 1. The minimum atomic E-state index is -0.0418. The molecule has 2 aromatic carbocycles. The van der Waals surface area contributed by atoms with Crippen molar-refractivity contribution in [3.8, 4) is 11.3 Å². The molecule has 3 nitrogen and oxygen atoms in total. The van der Waals surface area contributed by atoms with Gasteiger partial charge in [-0.25, -0.2) is 4.98 Å². The third-order valence-corrected chi connectivity index (χ3v) is 5.07. The fourth-order valence-corrected chi connectivity index (χ4v) is 3.69. The van der Waals surface area contributed by atoms with Gasteiger partial charge < -0.3 is 5.32 Å². The number of hydrogen-bond acceptors (Lipinski definition) is 4. The van der Waals surface area contributed by atoms with Gasteiger partial charge in [0, 0.05) is 15.8 Å². The van der Waals surface area contributed by atoms with Crippen LogP contribution >= 0.6 is 23.1 Å². The van der Waals surface area contributed by atoms with Crippen molar-refractivity contribution in [3.63, 3.8) is 0 Å². The quantitative estimate of drug-likeness (QED) is 0.626. The van der Waals surface area contributed by atoms with E-state index in [1.54, 1.807) is 11.8 Å². The van der Waals surface area contributed by atoms with Crippen molar-refractivity contribution in [2.24, 2.45) is 0 Å². The summed E-state index contributed by atoms with van der Waals surface area (Å²) in [7, 11) is 0. The Balaban J connectivity index is 1.60. The second-order valence-corrected chi connectivity index (χ2v) is 7.40. The number of thioether (sulfide) groups is 1. The van der Waals surface area contributed by atoms with Gasteiger partial charge in [-0.3, -0.25) is 4.79 Å². The molecule has 0 unspecified atom stereocenters. The molecule has 0 bridgehead atoms. The van der Waals surface area contributed by atoms with Crippen LogP contribution in [-0.2, 0) is 11.2 Å². The molecule has 1 heterocycles. The maximum Gasteiger partial charge on any atom is 0.230 e. The fourth-order valence-electron chi connectivity index (χ4n) is 2.29. The molecule has 0 aliphatic rings. The molecular formula is C19H18N2OS2. The van der Waals surface area contributed by atoms with Gasteiger partial charge in [-0.05, 0) is 23.4 Å². The van der Waals surface area contributed by atoms with E-state index < -0.39 is 0 Å². The Morgan fingerprint density at radius 3 is 2.58 bits per heavy atom. The van der Waals surface area contributed by atoms with Gasteiger partial charge in [-0.2, -0.15) is 0 Å². The number of carbonyl (C=O) groups is 1. The Morgan fingerprint density at radius 2 is 1.88 bits per heavy atom. The number of rotatable bonds is 6. The minimum Gasteiger partial charge on any atom is -0.302 e. The van der Waals surface area contributed by atoms with E-state index in [0.29, 0.717) is 11.6 Å². The molecule has 0 saturated carbocycles. The third-order valence-electron chi connectivity index (χ3n) is 3.42. The normalized spacial score (nSPS) is 10.5. The van der Waals surface area contributed by atoms with Crippen molar-refractivity contribution in [2.75, 3.05) is 11.1 Å². The van der Waals surface area contributed by atoms with Gasteiger partial charge in [-0.1, -0.05) is 49.4 Å². The summed E-state index contributed by atoms with van der Waals surface area (Å²) < 4.78 is 0. The Labute approximate surface area is 150 Å². The molecule has 5 heteroatoms. The van der Waals surface area contributed by atoms with Crippen LogP contribution in [0.25, 0.3) is 11.3 Å². The lowest BCUT2D eigenvalue weighted by atomic mass is 10.1. The zero-order valence-electron chi connectivity index (χ0n) is 13.4. The number of amides is 1. The Kier molecular flexibility index (Phi) is 5.67. The molecule has 0 spiro atoms. The van der Waals surface area contributed by atoms with Crippen molar-refractivity contribution >= 4 is 34.1 Å². The molecule has 0 aliphatic heterocycles. The molecule has 24 heavy (non-hydrogen) atoms. The lowest BCUT2D eigenvalue weighted by Gasteiger charge is -2.04. The second kappa shape index (κ2) is 8.13. The maximum atomic E-state index is 12.2. The Bertz CT molecular complexity index is 798. The van der Waals surface area contributed by atoms with E-state index in [1.807, 2.05) is 47.8 Å². The van der Waals surface area contributed by atoms with E-state index >= 15 is 0 Å². The van der Waals surface area contributed by atoms with Crippen LogP contribution in [0.5, 0.6) is 0 Å². The zero-order valence-corrected chi connectivity index (χ0v) is 15.0. The number of thiazole rings is 1. The molecule has 122 valence electrons. The first kappa shape index (κ1) is 16.7. The Hall–Kier alpha value is -2.11. The third kappa shape index (κ3) is 4.46. The van der Waals surface area contributed by atoms with Crippen molar-refractivity contribution in [1.29, 1.82) is 0 Å². The highest BCUT2D eigenvalue weighted by Crippen LogP contribution is 2.24. The summed E-state index contributed by atoms with van der Waals surface area (Å²) in [4.78, 5) is 17.9. The van der Waals surface area contributed by atoms with E-state index in [-0.39, 0.29) is 5.91 Å². The average Bonchev–Trinajstić information content (AvgIpc) is 3.06. The van der Waals surface area contributed by atoms with E-state index in [9.17, 15) is 4.79 Å². The lowest BCUT2D eigenvalue weighted by Crippen LogP contribution is -2.14. The van der Waals surface area contributed by atoms with Gasteiger partial charge in [0.2, 0.25) is 5.91 Å². The molecule has 0 saturated heterocycles. The van der Waals surface area contributed by atoms with Crippen molar-refractivity contribution < 1.29 is 4.79 Å². The summed E-state index contributed by atoms with van der Waals surface area (Å²) in [6.45, 7) is 2.13. The highest BCUT2D eigenvalue weighted by atomic mass is 32.2. The van der Waals surface area contributed by atoms with Gasteiger partial charge >= 0.3 is 0 Å². The van der Waals surface area contributed by atoms with Crippen LogP contribution in [0.2, 0.25) is 0 Å². The molecule has 0 aliphatic carbocycles. The van der Waals surface area contributed by atoms with Gasteiger partial charge in [0.15, 0.2) is 5.13 Å². The maximum absolute atomic E-state index is 12.2. The van der Waals surface area contributed by atoms with Crippen molar-refractivity contribution in [3.05, 3.63) is 65.5 Å². The summed E-state index contributed by atoms with van der Waals surface area (Å²) in [5.74, 6) is 1.01. The highest BCUT2D eigenvalue weighted by molar-refractivity contribution is 7.99. The van der Waals surface area contributed by atoms with E-state index in [2.05, 4.69) is 29.4 Å². The van der Waals surface area contributed by atoms with Crippen LogP contribution < -0.4 is 5.32 Å². The van der Waals surface area contributed by atoms with Gasteiger partial charge in [-0.15, -0.1) is 23.1 Å². The van der Waals surface area contributed by atoms with Crippen LogP contribution in [-0.4, -0.2) is 16.6 Å². The van der Waals surface area contributed by atoms with Crippen LogP contribution in [0.4, 0.5) is 5.13 Å². The fraction of sp³-hybridized carbons (Fsp3) is 0.158. The summed E-state index contributed by atoms with van der Waals surface area (Å²) in [5, 5.41) is 5.48. The molecule has 1 amide bonds. The SMILES string of the molecule is CCSc1ccc(CC(=O)Nc2nc(-c3ccccc3)cs2)cc1. The number of aromatic nitrogens is 1. The molecule has 0 fully saturated rings. The lowest BCUT2D eigenvalue weighted by molar-refractivity contribution is -0.115. The second-order valence-electron chi connectivity index (χ2n) is 5.21. The van der Waals surface area contributed by atoms with E-state index in [4.69, 9.17) is 0 Å². The molecule has 0 atom stereocenters. The van der Waals surface area contributed by atoms with Gasteiger partial charge in [0.1, 0.15) is 0 Å². The van der Waals surface area contributed by atoms with Gasteiger partial charge in [0.25, 0.3) is 0 Å². The molecule has 3 rings (SSSR count). The van der Waals surface area contributed by atoms with Crippen molar-refractivity contribution in [1.82, 2.24) is 4.98 Å². The number of benzene rings is 2. The summed E-state index contributed by atoms with van der Waals surface area (Å²) in [6.07, 6.45) is 0.358. The molecule has 3 aromatic rings. The zero-order chi connectivity index (χ0) is 16.8. The minimum absolute atomic E-state index is 0.0418. The summed E-state index contributed by atoms with van der Waals surface area (Å²) >= 11 is 3.24. The summed E-state index contributed by atoms with van der Waals surface area (Å²) in [6, 6.07) is 18.1. The molecular weight excluding hydrogens is 336 g/mol. The van der Waals surface area contributed by atoms with Crippen LogP contribution in [0.1, 0.15) is 12.5 Å². The highest BCUT2D eigenvalue weighted by Gasteiger charge is 2.09. The van der Waals surface area contributed by atoms with Crippen LogP contribution in [0, 0.1) is 0 Å². The first-order valence-electron chi connectivity index (χ1n) is 7.77. The predicted octanol–water partition coefficient (Wildman–Crippen LogP) is 5.10. The topological polar surface area (TPSA) is 42.0 Å².